The summed E-state index contributed by atoms with van der Waals surface area (Å²) in [5.41, 5.74) is 2.02. The van der Waals surface area contributed by atoms with E-state index < -0.39 is 0 Å². The van der Waals surface area contributed by atoms with Gasteiger partial charge in [-0.3, -0.25) is 0 Å². The van der Waals surface area contributed by atoms with Crippen molar-refractivity contribution in [2.24, 2.45) is 0 Å². The number of anilines is 3. The molecule has 0 amide bonds. The Hall–Kier alpha value is -1.82. The van der Waals surface area contributed by atoms with E-state index >= 15 is 0 Å². The monoisotopic (exact) mass is 350 g/mol. The zero-order valence-electron chi connectivity index (χ0n) is 12.4. The van der Waals surface area contributed by atoms with Crippen LogP contribution in [0.4, 0.5) is 17.3 Å². The highest BCUT2D eigenvalue weighted by Crippen LogP contribution is 2.30. The molecule has 0 radical (unpaired) electrons. The van der Waals surface area contributed by atoms with Gasteiger partial charge in [0.15, 0.2) is 0 Å². The van der Waals surface area contributed by atoms with E-state index in [-0.39, 0.29) is 0 Å². The van der Waals surface area contributed by atoms with Crippen LogP contribution in [-0.2, 0) is 6.42 Å². The molecule has 0 unspecified atom stereocenters. The average Bonchev–Trinajstić information content (AvgIpc) is 2.48. The second-order valence-corrected chi connectivity index (χ2v) is 5.26. The standard InChI is InChI=1S/C15H19BrN4O/c1-4-11-14(17-5-2)18-9-19-15(11)20-10-6-7-13(21-3)12(16)8-10/h6-9H,4-5H2,1-3H3,(H2,17,18,19,20). The Kier molecular flexibility index (Phi) is 5.38. The summed E-state index contributed by atoms with van der Waals surface area (Å²) in [5, 5.41) is 6.60. The Balaban J connectivity index is 2.30. The molecule has 21 heavy (non-hydrogen) atoms. The van der Waals surface area contributed by atoms with Crippen LogP contribution in [0.2, 0.25) is 0 Å². The Bertz CT molecular complexity index is 619. The normalized spacial score (nSPS) is 10.3. The van der Waals surface area contributed by atoms with Gasteiger partial charge in [-0.15, -0.1) is 0 Å². The molecule has 0 saturated heterocycles. The number of benzene rings is 1. The lowest BCUT2D eigenvalue weighted by Crippen LogP contribution is -2.07. The number of methoxy groups -OCH3 is 1. The number of nitrogens with zero attached hydrogens (tertiary/aromatic N) is 2. The molecule has 0 aliphatic rings. The summed E-state index contributed by atoms with van der Waals surface area (Å²) in [5.74, 6) is 2.50. The molecular weight excluding hydrogens is 332 g/mol. The average molecular weight is 351 g/mol. The number of ether oxygens (including phenoxy) is 1. The van der Waals surface area contributed by atoms with E-state index in [1.165, 1.54) is 0 Å². The molecule has 0 aliphatic heterocycles. The minimum Gasteiger partial charge on any atom is -0.496 e. The first-order valence-corrected chi connectivity index (χ1v) is 7.67. The van der Waals surface area contributed by atoms with Crippen LogP contribution in [0, 0.1) is 0 Å². The lowest BCUT2D eigenvalue weighted by molar-refractivity contribution is 0.412. The fourth-order valence-corrected chi connectivity index (χ4v) is 2.60. The van der Waals surface area contributed by atoms with E-state index in [0.717, 1.165) is 46.1 Å². The second kappa shape index (κ2) is 7.26. The third-order valence-corrected chi connectivity index (χ3v) is 3.68. The molecule has 0 spiro atoms. The predicted molar refractivity (Wildman–Crippen MR) is 89.6 cm³/mol. The van der Waals surface area contributed by atoms with Crippen molar-refractivity contribution >= 4 is 33.3 Å². The predicted octanol–water partition coefficient (Wildman–Crippen LogP) is 3.99. The van der Waals surface area contributed by atoms with Gasteiger partial charge in [-0.05, 0) is 47.5 Å². The van der Waals surface area contributed by atoms with Gasteiger partial charge in [-0.25, -0.2) is 9.97 Å². The van der Waals surface area contributed by atoms with Crippen molar-refractivity contribution in [2.45, 2.75) is 20.3 Å². The van der Waals surface area contributed by atoms with Gasteiger partial charge >= 0.3 is 0 Å². The van der Waals surface area contributed by atoms with E-state index in [1.807, 2.05) is 18.2 Å². The summed E-state index contributed by atoms with van der Waals surface area (Å²) >= 11 is 3.49. The van der Waals surface area contributed by atoms with Crippen molar-refractivity contribution < 1.29 is 4.74 Å². The maximum Gasteiger partial charge on any atom is 0.139 e. The number of halogens is 1. The fourth-order valence-electron chi connectivity index (χ4n) is 2.06. The van der Waals surface area contributed by atoms with Crippen molar-refractivity contribution in [3.63, 3.8) is 0 Å². The summed E-state index contributed by atoms with van der Waals surface area (Å²) < 4.78 is 6.13. The summed E-state index contributed by atoms with van der Waals surface area (Å²) in [4.78, 5) is 8.65. The molecule has 2 rings (SSSR count). The fraction of sp³-hybridized carbons (Fsp3) is 0.333. The molecule has 0 aliphatic carbocycles. The zero-order chi connectivity index (χ0) is 15.2. The first kappa shape index (κ1) is 15.6. The van der Waals surface area contributed by atoms with Gasteiger partial charge in [0, 0.05) is 17.8 Å². The first-order valence-electron chi connectivity index (χ1n) is 6.87. The molecule has 0 fully saturated rings. The van der Waals surface area contributed by atoms with Gasteiger partial charge < -0.3 is 15.4 Å². The molecule has 112 valence electrons. The summed E-state index contributed by atoms with van der Waals surface area (Å²) in [6.07, 6.45) is 2.42. The topological polar surface area (TPSA) is 59.1 Å². The third-order valence-electron chi connectivity index (χ3n) is 3.06. The quantitative estimate of drug-likeness (QED) is 0.824. The SMILES string of the molecule is CCNc1ncnc(Nc2ccc(OC)c(Br)c2)c1CC. The van der Waals surface area contributed by atoms with E-state index in [9.17, 15) is 0 Å². The van der Waals surface area contributed by atoms with Crippen LogP contribution in [0.3, 0.4) is 0 Å². The van der Waals surface area contributed by atoms with Gasteiger partial charge in [0.05, 0.1) is 11.6 Å². The van der Waals surface area contributed by atoms with Crippen LogP contribution in [0.1, 0.15) is 19.4 Å². The van der Waals surface area contributed by atoms with Gasteiger partial charge in [0.25, 0.3) is 0 Å². The van der Waals surface area contributed by atoms with Gasteiger partial charge in [-0.1, -0.05) is 6.92 Å². The zero-order valence-corrected chi connectivity index (χ0v) is 14.0. The van der Waals surface area contributed by atoms with Crippen molar-refractivity contribution in [1.29, 1.82) is 0 Å². The van der Waals surface area contributed by atoms with Crippen molar-refractivity contribution in [3.8, 4) is 5.75 Å². The molecule has 1 aromatic carbocycles. The summed E-state index contributed by atoms with van der Waals surface area (Å²) in [7, 11) is 1.65. The molecule has 1 aromatic heterocycles. The number of nitrogens with one attached hydrogen (secondary N) is 2. The Labute approximate surface area is 133 Å². The van der Waals surface area contributed by atoms with E-state index in [2.05, 4.69) is 50.4 Å². The molecule has 0 atom stereocenters. The third kappa shape index (κ3) is 3.64. The molecule has 1 heterocycles. The number of rotatable bonds is 6. The van der Waals surface area contributed by atoms with Gasteiger partial charge in [-0.2, -0.15) is 0 Å². The summed E-state index contributed by atoms with van der Waals surface area (Å²) in [6, 6.07) is 5.83. The van der Waals surface area contributed by atoms with Crippen molar-refractivity contribution in [1.82, 2.24) is 9.97 Å². The number of hydrogen-bond donors (Lipinski definition) is 2. The Morgan fingerprint density at radius 1 is 1.19 bits per heavy atom. The smallest absolute Gasteiger partial charge is 0.139 e. The van der Waals surface area contributed by atoms with Crippen LogP contribution in [0.5, 0.6) is 5.75 Å². The Morgan fingerprint density at radius 2 is 1.95 bits per heavy atom. The number of hydrogen-bond acceptors (Lipinski definition) is 5. The summed E-state index contributed by atoms with van der Waals surface area (Å²) in [6.45, 7) is 4.97. The van der Waals surface area contributed by atoms with E-state index in [4.69, 9.17) is 4.74 Å². The second-order valence-electron chi connectivity index (χ2n) is 4.41. The molecule has 0 saturated carbocycles. The van der Waals surface area contributed by atoms with E-state index in [1.54, 1.807) is 13.4 Å². The van der Waals surface area contributed by atoms with Crippen molar-refractivity contribution in [3.05, 3.63) is 34.6 Å². The van der Waals surface area contributed by atoms with Gasteiger partial charge in [0.2, 0.25) is 0 Å². The van der Waals surface area contributed by atoms with Crippen LogP contribution >= 0.6 is 15.9 Å². The number of aromatic nitrogens is 2. The molecule has 2 aromatic rings. The highest BCUT2D eigenvalue weighted by Gasteiger charge is 2.10. The lowest BCUT2D eigenvalue weighted by atomic mass is 10.2. The first-order chi connectivity index (χ1) is 10.2. The molecular formula is C15H19BrN4O. The van der Waals surface area contributed by atoms with Crippen LogP contribution in [0.25, 0.3) is 0 Å². The molecule has 2 N–H and O–H groups in total. The minimum atomic E-state index is 0.798. The molecule has 0 bridgehead atoms. The van der Waals surface area contributed by atoms with Crippen LogP contribution in [0.15, 0.2) is 29.0 Å². The maximum absolute atomic E-state index is 5.24. The maximum atomic E-state index is 5.24. The molecule has 6 heteroatoms. The highest BCUT2D eigenvalue weighted by atomic mass is 79.9. The lowest BCUT2D eigenvalue weighted by Gasteiger charge is -2.14. The highest BCUT2D eigenvalue weighted by molar-refractivity contribution is 9.10. The molecule has 5 nitrogen and oxygen atoms in total. The largest absolute Gasteiger partial charge is 0.496 e. The Morgan fingerprint density at radius 3 is 2.57 bits per heavy atom. The van der Waals surface area contributed by atoms with Crippen LogP contribution < -0.4 is 15.4 Å². The van der Waals surface area contributed by atoms with Crippen LogP contribution in [-0.4, -0.2) is 23.6 Å². The minimum absolute atomic E-state index is 0.798. The van der Waals surface area contributed by atoms with Gasteiger partial charge in [0.1, 0.15) is 23.7 Å². The van der Waals surface area contributed by atoms with Crippen molar-refractivity contribution in [2.75, 3.05) is 24.3 Å². The van der Waals surface area contributed by atoms with E-state index in [0.29, 0.717) is 0 Å².